The van der Waals surface area contributed by atoms with Crippen molar-refractivity contribution in [2.75, 3.05) is 24.6 Å². The van der Waals surface area contributed by atoms with Gasteiger partial charge in [0.1, 0.15) is 10.8 Å². The third-order valence-corrected chi connectivity index (χ3v) is 2.78. The summed E-state index contributed by atoms with van der Waals surface area (Å²) in [5.41, 5.74) is 6.48. The second-order valence-electron chi connectivity index (χ2n) is 3.69. The minimum Gasteiger partial charge on any atom is -0.396 e. The summed E-state index contributed by atoms with van der Waals surface area (Å²) < 4.78 is 13.9. The fourth-order valence-corrected chi connectivity index (χ4v) is 1.75. The standard InChI is InChI=1S/C12H17FN2OS/c1-2-15(6-3-7-16)11-5-4-9(12(14)17)8-10(11)13/h4-5,8,16H,2-3,6-7H2,1H3,(H2,14,17). The van der Waals surface area contributed by atoms with Crippen LogP contribution in [0.25, 0.3) is 0 Å². The minimum atomic E-state index is -0.338. The van der Waals surface area contributed by atoms with E-state index in [2.05, 4.69) is 0 Å². The summed E-state index contributed by atoms with van der Waals surface area (Å²) in [5, 5.41) is 8.79. The summed E-state index contributed by atoms with van der Waals surface area (Å²) in [4.78, 5) is 2.06. The average molecular weight is 256 g/mol. The summed E-state index contributed by atoms with van der Waals surface area (Å²) >= 11 is 4.79. The number of hydrogen-bond acceptors (Lipinski definition) is 3. The van der Waals surface area contributed by atoms with Crippen LogP contribution < -0.4 is 10.6 Å². The van der Waals surface area contributed by atoms with Gasteiger partial charge in [-0.2, -0.15) is 0 Å². The van der Waals surface area contributed by atoms with Crippen LogP contribution in [0, 0.1) is 5.82 Å². The van der Waals surface area contributed by atoms with Gasteiger partial charge in [0.05, 0.1) is 5.69 Å². The molecule has 3 N–H and O–H groups in total. The monoisotopic (exact) mass is 256 g/mol. The molecule has 3 nitrogen and oxygen atoms in total. The Labute approximate surface area is 106 Å². The Hall–Kier alpha value is -1.20. The first-order valence-electron chi connectivity index (χ1n) is 5.55. The van der Waals surface area contributed by atoms with Gasteiger partial charge < -0.3 is 15.7 Å². The first-order valence-corrected chi connectivity index (χ1v) is 5.96. The molecule has 17 heavy (non-hydrogen) atoms. The Morgan fingerprint density at radius 3 is 2.71 bits per heavy atom. The lowest BCUT2D eigenvalue weighted by Crippen LogP contribution is -2.25. The van der Waals surface area contributed by atoms with Crippen LogP contribution in [0.15, 0.2) is 18.2 Å². The molecule has 0 aliphatic rings. The van der Waals surface area contributed by atoms with Crippen LogP contribution in [0.1, 0.15) is 18.9 Å². The molecular formula is C12H17FN2OS. The van der Waals surface area contributed by atoms with E-state index < -0.39 is 0 Å². The molecule has 0 spiro atoms. The lowest BCUT2D eigenvalue weighted by molar-refractivity contribution is 0.289. The number of anilines is 1. The van der Waals surface area contributed by atoms with E-state index in [0.29, 0.717) is 30.8 Å². The molecule has 94 valence electrons. The van der Waals surface area contributed by atoms with Crippen molar-refractivity contribution in [3.63, 3.8) is 0 Å². The smallest absolute Gasteiger partial charge is 0.147 e. The molecule has 0 amide bonds. The second-order valence-corrected chi connectivity index (χ2v) is 4.13. The Kier molecular flexibility index (Phi) is 5.31. The van der Waals surface area contributed by atoms with E-state index in [1.54, 1.807) is 12.1 Å². The Morgan fingerprint density at radius 2 is 2.24 bits per heavy atom. The van der Waals surface area contributed by atoms with Crippen LogP contribution in [0.3, 0.4) is 0 Å². The van der Waals surface area contributed by atoms with Gasteiger partial charge in [-0.15, -0.1) is 0 Å². The van der Waals surface area contributed by atoms with E-state index in [1.165, 1.54) is 6.07 Å². The number of benzene rings is 1. The molecule has 0 atom stereocenters. The van der Waals surface area contributed by atoms with Gasteiger partial charge in [-0.1, -0.05) is 12.2 Å². The molecule has 0 unspecified atom stereocenters. The highest BCUT2D eigenvalue weighted by Gasteiger charge is 2.10. The summed E-state index contributed by atoms with van der Waals surface area (Å²) in [6.07, 6.45) is 0.615. The van der Waals surface area contributed by atoms with Crippen molar-refractivity contribution < 1.29 is 9.50 Å². The van der Waals surface area contributed by atoms with Crippen molar-refractivity contribution in [3.8, 4) is 0 Å². The maximum absolute atomic E-state index is 13.9. The van der Waals surface area contributed by atoms with E-state index in [1.807, 2.05) is 11.8 Å². The van der Waals surface area contributed by atoms with E-state index in [9.17, 15) is 4.39 Å². The van der Waals surface area contributed by atoms with E-state index in [0.717, 1.165) is 0 Å². The van der Waals surface area contributed by atoms with Gasteiger partial charge in [0.2, 0.25) is 0 Å². The molecule has 0 heterocycles. The number of hydrogen-bond donors (Lipinski definition) is 2. The highest BCUT2D eigenvalue weighted by atomic mass is 32.1. The quantitative estimate of drug-likeness (QED) is 0.760. The molecule has 1 aromatic rings. The lowest BCUT2D eigenvalue weighted by atomic mass is 10.1. The van der Waals surface area contributed by atoms with Gasteiger partial charge in [-0.3, -0.25) is 0 Å². The number of nitrogens with two attached hydrogens (primary N) is 1. The van der Waals surface area contributed by atoms with Gasteiger partial charge in [-0.05, 0) is 31.5 Å². The van der Waals surface area contributed by atoms with Gasteiger partial charge in [0.15, 0.2) is 0 Å². The average Bonchev–Trinajstić information content (AvgIpc) is 2.31. The fourth-order valence-electron chi connectivity index (χ4n) is 1.63. The number of aliphatic hydroxyl groups excluding tert-OH is 1. The first-order chi connectivity index (χ1) is 8.10. The summed E-state index contributed by atoms with van der Waals surface area (Å²) in [6, 6.07) is 4.73. The number of thiocarbonyl (C=S) groups is 1. The summed E-state index contributed by atoms with van der Waals surface area (Å²) in [6.45, 7) is 3.35. The van der Waals surface area contributed by atoms with Crippen molar-refractivity contribution in [3.05, 3.63) is 29.6 Å². The largest absolute Gasteiger partial charge is 0.396 e. The SMILES string of the molecule is CCN(CCCO)c1ccc(C(N)=S)cc1F. The fraction of sp³-hybridized carbons (Fsp3) is 0.417. The zero-order chi connectivity index (χ0) is 12.8. The van der Waals surface area contributed by atoms with E-state index in [-0.39, 0.29) is 17.4 Å². The van der Waals surface area contributed by atoms with Crippen molar-refractivity contribution in [1.82, 2.24) is 0 Å². The van der Waals surface area contributed by atoms with Crippen molar-refractivity contribution in [1.29, 1.82) is 0 Å². The van der Waals surface area contributed by atoms with Crippen molar-refractivity contribution in [2.24, 2.45) is 5.73 Å². The summed E-state index contributed by atoms with van der Waals surface area (Å²) in [5.74, 6) is -0.338. The molecular weight excluding hydrogens is 239 g/mol. The van der Waals surface area contributed by atoms with Gasteiger partial charge >= 0.3 is 0 Å². The second kappa shape index (κ2) is 6.51. The number of nitrogens with zero attached hydrogens (tertiary/aromatic N) is 1. The third-order valence-electron chi connectivity index (χ3n) is 2.54. The highest BCUT2D eigenvalue weighted by Crippen LogP contribution is 2.20. The Morgan fingerprint density at radius 1 is 1.53 bits per heavy atom. The number of rotatable bonds is 6. The molecule has 0 bridgehead atoms. The molecule has 0 aliphatic carbocycles. The minimum absolute atomic E-state index is 0.100. The molecule has 0 saturated heterocycles. The molecule has 0 aromatic heterocycles. The maximum atomic E-state index is 13.9. The van der Waals surface area contributed by atoms with E-state index >= 15 is 0 Å². The number of aliphatic hydroxyl groups is 1. The maximum Gasteiger partial charge on any atom is 0.147 e. The van der Waals surface area contributed by atoms with E-state index in [4.69, 9.17) is 23.1 Å². The zero-order valence-electron chi connectivity index (χ0n) is 9.82. The first kappa shape index (κ1) is 13.9. The van der Waals surface area contributed by atoms with Crippen molar-refractivity contribution >= 4 is 22.9 Å². The van der Waals surface area contributed by atoms with Crippen LogP contribution in [-0.4, -0.2) is 29.8 Å². The highest BCUT2D eigenvalue weighted by molar-refractivity contribution is 7.80. The molecule has 1 rings (SSSR count). The van der Waals surface area contributed by atoms with Crippen LogP contribution >= 0.6 is 12.2 Å². The lowest BCUT2D eigenvalue weighted by Gasteiger charge is -2.23. The molecule has 5 heteroatoms. The Balaban J connectivity index is 2.92. The van der Waals surface area contributed by atoms with Gasteiger partial charge in [0, 0.05) is 25.3 Å². The number of halogens is 1. The molecule has 0 saturated carbocycles. The van der Waals surface area contributed by atoms with Crippen LogP contribution in [0.5, 0.6) is 0 Å². The Bertz CT molecular complexity index is 398. The van der Waals surface area contributed by atoms with Crippen LogP contribution in [0.4, 0.5) is 10.1 Å². The molecule has 0 fully saturated rings. The topological polar surface area (TPSA) is 49.5 Å². The zero-order valence-corrected chi connectivity index (χ0v) is 10.6. The molecule has 0 aliphatic heterocycles. The molecule has 1 aromatic carbocycles. The third kappa shape index (κ3) is 3.64. The summed E-state index contributed by atoms with van der Waals surface area (Å²) in [7, 11) is 0. The van der Waals surface area contributed by atoms with Gasteiger partial charge in [-0.25, -0.2) is 4.39 Å². The predicted molar refractivity (Wildman–Crippen MR) is 71.9 cm³/mol. The van der Waals surface area contributed by atoms with Crippen molar-refractivity contribution in [2.45, 2.75) is 13.3 Å². The van der Waals surface area contributed by atoms with Gasteiger partial charge in [0.25, 0.3) is 0 Å². The van der Waals surface area contributed by atoms with Crippen LogP contribution in [-0.2, 0) is 0 Å². The molecule has 0 radical (unpaired) electrons. The van der Waals surface area contributed by atoms with Crippen LogP contribution in [0.2, 0.25) is 0 Å². The normalized spacial score (nSPS) is 10.3. The predicted octanol–water partition coefficient (Wildman–Crippen LogP) is 1.67.